The summed E-state index contributed by atoms with van der Waals surface area (Å²) in [5, 5.41) is 4.16. The maximum absolute atomic E-state index is 14.1. The first-order valence-corrected chi connectivity index (χ1v) is 6.59. The van der Waals surface area contributed by atoms with Crippen molar-refractivity contribution >= 4 is 22.8 Å². The third kappa shape index (κ3) is 1.99. The Morgan fingerprint density at radius 2 is 1.81 bits per heavy atom. The molecule has 0 amide bonds. The van der Waals surface area contributed by atoms with Crippen LogP contribution in [0.2, 0.25) is 0 Å². The first-order chi connectivity index (χ1) is 9.93. The summed E-state index contributed by atoms with van der Waals surface area (Å²) in [4.78, 5) is 4.25. The number of halogens is 4. The number of imidazole rings is 1. The molecule has 0 radical (unpaired) electrons. The van der Waals surface area contributed by atoms with E-state index in [1.165, 1.54) is 9.25 Å². The molecule has 0 aliphatic heterocycles. The van der Waals surface area contributed by atoms with Gasteiger partial charge in [-0.15, -0.1) is 11.6 Å². The smallest absolute Gasteiger partial charge is 0.163 e. The Kier molecular flexibility index (Phi) is 3.16. The number of aromatic nitrogens is 4. The molecule has 0 spiro atoms. The highest BCUT2D eigenvalue weighted by Crippen LogP contribution is 2.28. The van der Waals surface area contributed by atoms with Gasteiger partial charge >= 0.3 is 0 Å². The molecule has 0 bridgehead atoms. The fourth-order valence-corrected chi connectivity index (χ4v) is 2.57. The summed E-state index contributed by atoms with van der Waals surface area (Å²) < 4.78 is 43.9. The third-order valence-electron chi connectivity index (χ3n) is 3.20. The average Bonchev–Trinajstić information content (AvgIpc) is 2.88. The quantitative estimate of drug-likeness (QED) is 0.681. The molecule has 110 valence electrons. The maximum Gasteiger partial charge on any atom is 0.163 e. The molecular weight excluding hydrogens is 305 g/mol. The Balaban J connectivity index is 2.44. The van der Waals surface area contributed by atoms with Crippen molar-refractivity contribution in [1.29, 1.82) is 0 Å². The van der Waals surface area contributed by atoms with Crippen LogP contribution in [-0.4, -0.2) is 19.3 Å². The van der Waals surface area contributed by atoms with Crippen LogP contribution in [0.3, 0.4) is 0 Å². The minimum Gasteiger partial charge on any atom is -0.274 e. The Hall–Kier alpha value is -2.02. The molecule has 0 aliphatic carbocycles. The highest BCUT2D eigenvalue weighted by Gasteiger charge is 2.23. The second-order valence-electron chi connectivity index (χ2n) is 4.60. The van der Waals surface area contributed by atoms with Crippen molar-refractivity contribution in [2.45, 2.75) is 12.8 Å². The summed E-state index contributed by atoms with van der Waals surface area (Å²) in [5.74, 6) is -2.84. The average molecular weight is 315 g/mol. The minimum absolute atomic E-state index is 0.0512. The molecule has 0 saturated heterocycles. The summed E-state index contributed by atoms with van der Waals surface area (Å²) in [7, 11) is 1.63. The molecule has 8 heteroatoms. The Bertz CT molecular complexity index is 830. The van der Waals surface area contributed by atoms with E-state index < -0.39 is 23.1 Å². The summed E-state index contributed by atoms with van der Waals surface area (Å²) >= 11 is 5.82. The zero-order valence-corrected chi connectivity index (χ0v) is 11.9. The summed E-state index contributed by atoms with van der Waals surface area (Å²) in [5.41, 5.74) is 1.09. The Labute approximate surface area is 122 Å². The lowest BCUT2D eigenvalue weighted by molar-refractivity contribution is 0.532. The van der Waals surface area contributed by atoms with E-state index in [2.05, 4.69) is 10.1 Å². The number of fused-ring (bicyclic) bond motifs is 1. The number of hydrogen-bond acceptors (Lipinski definition) is 2. The van der Waals surface area contributed by atoms with E-state index in [1.807, 2.05) is 0 Å². The van der Waals surface area contributed by atoms with Gasteiger partial charge < -0.3 is 0 Å². The molecule has 0 aliphatic rings. The highest BCUT2D eigenvalue weighted by molar-refractivity contribution is 6.17. The van der Waals surface area contributed by atoms with Crippen molar-refractivity contribution in [2.24, 2.45) is 7.05 Å². The fourth-order valence-electron chi connectivity index (χ4n) is 2.39. The molecule has 0 atom stereocenters. The van der Waals surface area contributed by atoms with Gasteiger partial charge in [0, 0.05) is 19.2 Å². The van der Waals surface area contributed by atoms with Crippen LogP contribution >= 0.6 is 11.6 Å². The van der Waals surface area contributed by atoms with Gasteiger partial charge in [0.05, 0.1) is 11.6 Å². The Morgan fingerprint density at radius 3 is 2.38 bits per heavy atom. The van der Waals surface area contributed by atoms with Crippen LogP contribution in [0.5, 0.6) is 0 Å². The van der Waals surface area contributed by atoms with Crippen LogP contribution in [0, 0.1) is 24.4 Å². The zero-order chi connectivity index (χ0) is 15.3. The van der Waals surface area contributed by atoms with Gasteiger partial charge in [0.1, 0.15) is 22.8 Å². The number of rotatable bonds is 2. The van der Waals surface area contributed by atoms with Crippen molar-refractivity contribution in [1.82, 2.24) is 19.3 Å². The van der Waals surface area contributed by atoms with Gasteiger partial charge in [-0.2, -0.15) is 5.10 Å². The van der Waals surface area contributed by atoms with Crippen LogP contribution in [0.4, 0.5) is 13.2 Å². The largest absolute Gasteiger partial charge is 0.274 e. The van der Waals surface area contributed by atoms with E-state index in [9.17, 15) is 13.2 Å². The fraction of sp³-hybridized carbons (Fsp3) is 0.231. The van der Waals surface area contributed by atoms with Gasteiger partial charge in [-0.25, -0.2) is 22.8 Å². The zero-order valence-electron chi connectivity index (χ0n) is 11.2. The Morgan fingerprint density at radius 1 is 1.19 bits per heavy atom. The van der Waals surface area contributed by atoms with Crippen molar-refractivity contribution in [3.8, 4) is 5.69 Å². The van der Waals surface area contributed by atoms with Gasteiger partial charge in [-0.1, -0.05) is 0 Å². The van der Waals surface area contributed by atoms with Crippen LogP contribution in [0.1, 0.15) is 11.5 Å². The van der Waals surface area contributed by atoms with E-state index in [0.29, 0.717) is 29.0 Å². The van der Waals surface area contributed by atoms with Gasteiger partial charge in [0.15, 0.2) is 17.3 Å². The molecule has 0 fully saturated rings. The molecule has 2 aromatic heterocycles. The first kappa shape index (κ1) is 13.9. The predicted octanol–water partition coefficient (Wildman–Crippen LogP) is 3.22. The lowest BCUT2D eigenvalue weighted by atomic mass is 10.2. The summed E-state index contributed by atoms with van der Waals surface area (Å²) in [6.45, 7) is 1.73. The maximum atomic E-state index is 14.1. The SMILES string of the molecule is Cc1nn(C)c2c1nc(CCl)n2-c1c(F)cc(F)cc1F. The number of nitrogens with zero attached hydrogens (tertiary/aromatic N) is 4. The lowest BCUT2D eigenvalue weighted by Crippen LogP contribution is -2.09. The molecule has 2 heterocycles. The third-order valence-corrected chi connectivity index (χ3v) is 3.44. The molecule has 0 saturated carbocycles. The molecule has 21 heavy (non-hydrogen) atoms. The molecular formula is C13H10ClF3N4. The van der Waals surface area contributed by atoms with Crippen molar-refractivity contribution in [2.75, 3.05) is 0 Å². The standard InChI is InChI=1S/C13H10ClF3N4/c1-6-11-13(20(2)19-6)21(10(5-14)18-11)12-8(16)3-7(15)4-9(12)17/h3-4H,5H2,1-2H3. The number of alkyl halides is 1. The van der Waals surface area contributed by atoms with Crippen LogP contribution < -0.4 is 0 Å². The molecule has 4 nitrogen and oxygen atoms in total. The number of hydrogen-bond donors (Lipinski definition) is 0. The number of aryl methyl sites for hydroxylation is 2. The number of benzene rings is 1. The second kappa shape index (κ2) is 4.77. The highest BCUT2D eigenvalue weighted by atomic mass is 35.5. The van der Waals surface area contributed by atoms with E-state index in [-0.39, 0.29) is 11.7 Å². The van der Waals surface area contributed by atoms with Crippen LogP contribution in [0.25, 0.3) is 16.9 Å². The monoisotopic (exact) mass is 314 g/mol. The van der Waals surface area contributed by atoms with Gasteiger partial charge in [0.25, 0.3) is 0 Å². The summed E-state index contributed by atoms with van der Waals surface area (Å²) in [6.07, 6.45) is 0. The van der Waals surface area contributed by atoms with Crippen LogP contribution in [-0.2, 0) is 12.9 Å². The van der Waals surface area contributed by atoms with E-state index in [1.54, 1.807) is 14.0 Å². The normalized spacial score (nSPS) is 11.5. The van der Waals surface area contributed by atoms with E-state index in [0.717, 1.165) is 0 Å². The molecule has 0 unspecified atom stereocenters. The summed E-state index contributed by atoms with van der Waals surface area (Å²) in [6, 6.07) is 1.23. The minimum atomic E-state index is -1.03. The molecule has 3 rings (SSSR count). The van der Waals surface area contributed by atoms with Crippen molar-refractivity contribution in [3.05, 3.63) is 41.1 Å². The molecule has 0 N–H and O–H groups in total. The van der Waals surface area contributed by atoms with E-state index >= 15 is 0 Å². The van der Waals surface area contributed by atoms with Gasteiger partial charge in [0.2, 0.25) is 0 Å². The molecule has 1 aromatic carbocycles. The van der Waals surface area contributed by atoms with Crippen LogP contribution in [0.15, 0.2) is 12.1 Å². The van der Waals surface area contributed by atoms with Gasteiger partial charge in [-0.3, -0.25) is 4.57 Å². The van der Waals surface area contributed by atoms with Gasteiger partial charge in [-0.05, 0) is 6.92 Å². The van der Waals surface area contributed by atoms with Crippen molar-refractivity contribution in [3.63, 3.8) is 0 Å². The lowest BCUT2D eigenvalue weighted by Gasteiger charge is -2.10. The first-order valence-electron chi connectivity index (χ1n) is 6.05. The topological polar surface area (TPSA) is 35.6 Å². The predicted molar refractivity (Wildman–Crippen MR) is 72.0 cm³/mol. The van der Waals surface area contributed by atoms with Crippen molar-refractivity contribution < 1.29 is 13.2 Å². The molecule has 3 aromatic rings. The van der Waals surface area contributed by atoms with E-state index in [4.69, 9.17) is 11.6 Å². The second-order valence-corrected chi connectivity index (χ2v) is 4.86.